The van der Waals surface area contributed by atoms with Gasteiger partial charge in [-0.25, -0.2) is 23.4 Å². The second-order valence-electron chi connectivity index (χ2n) is 11.1. The predicted octanol–water partition coefficient (Wildman–Crippen LogP) is 3.12. The molecule has 0 spiro atoms. The average Bonchev–Trinajstić information content (AvgIpc) is 3.22. The number of likely N-dealkylation sites (tertiary alicyclic amines) is 2. The highest BCUT2D eigenvalue weighted by Gasteiger charge is 2.29. The molecule has 0 bridgehead atoms. The van der Waals surface area contributed by atoms with Crippen molar-refractivity contribution >= 4 is 37.3 Å². The maximum atomic E-state index is 12.2. The Kier molecular flexibility index (Phi) is 7.97. The molecule has 0 aromatic carbocycles. The highest BCUT2D eigenvalue weighted by Crippen LogP contribution is 2.39. The van der Waals surface area contributed by atoms with E-state index in [1.807, 2.05) is 6.07 Å². The van der Waals surface area contributed by atoms with Crippen LogP contribution < -0.4 is 9.64 Å². The third-order valence-corrected chi connectivity index (χ3v) is 10.2. The Morgan fingerprint density at radius 3 is 2.50 bits per heavy atom. The van der Waals surface area contributed by atoms with Gasteiger partial charge in [-0.1, -0.05) is 0 Å². The van der Waals surface area contributed by atoms with Crippen LogP contribution >= 0.6 is 11.3 Å². The molecule has 12 heteroatoms. The van der Waals surface area contributed by atoms with E-state index in [-0.39, 0.29) is 5.75 Å². The number of hydrogen-bond acceptors (Lipinski definition) is 11. The molecule has 0 N–H and O–H groups in total. The Hall–Kier alpha value is -2.38. The first-order chi connectivity index (χ1) is 19.3. The van der Waals surface area contributed by atoms with Gasteiger partial charge in [0.2, 0.25) is 11.8 Å². The van der Waals surface area contributed by atoms with E-state index in [1.54, 1.807) is 17.5 Å². The SMILES string of the molecule is COc1ncc(-c2nc(N3CCOCC3)nc3c(CN4CCC(N5CCC5)CC4)c(C)sc23)cc1CS(C)(=O)=O. The third-order valence-electron chi connectivity index (χ3n) is 8.27. The lowest BCUT2D eigenvalue weighted by Crippen LogP contribution is -2.50. The highest BCUT2D eigenvalue weighted by atomic mass is 32.2. The van der Waals surface area contributed by atoms with E-state index in [9.17, 15) is 8.42 Å². The highest BCUT2D eigenvalue weighted by molar-refractivity contribution is 7.89. The van der Waals surface area contributed by atoms with Gasteiger partial charge in [0.25, 0.3) is 0 Å². The first kappa shape index (κ1) is 27.8. The zero-order valence-corrected chi connectivity index (χ0v) is 25.2. The molecular weight excluding hydrogens is 548 g/mol. The van der Waals surface area contributed by atoms with Gasteiger partial charge in [-0.15, -0.1) is 11.3 Å². The van der Waals surface area contributed by atoms with Crippen LogP contribution in [0.1, 0.15) is 35.3 Å². The molecule has 6 rings (SSSR count). The number of thiophene rings is 1. The second kappa shape index (κ2) is 11.5. The van der Waals surface area contributed by atoms with E-state index in [1.165, 1.54) is 56.2 Å². The molecule has 3 saturated heterocycles. The number of sulfone groups is 1. The van der Waals surface area contributed by atoms with Crippen LogP contribution in [0.25, 0.3) is 21.5 Å². The van der Waals surface area contributed by atoms with E-state index in [0.717, 1.165) is 60.2 Å². The standard InChI is InChI=1S/C28H38N6O4S2/c1-19-23(17-32-9-5-22(6-10-32)33-7-4-8-33)25-26(39-19)24(30-28(31-25)34-11-13-38-14-12-34)20-15-21(18-40(3,35)36)27(37-2)29-16-20/h15-16,22H,4-14,17-18H2,1-3H3. The van der Waals surface area contributed by atoms with Crippen LogP contribution in [0.2, 0.25) is 0 Å². The second-order valence-corrected chi connectivity index (χ2v) is 14.5. The minimum atomic E-state index is -3.28. The molecule has 0 aliphatic carbocycles. The normalized spacial score (nSPS) is 19.7. The number of anilines is 1. The van der Waals surface area contributed by atoms with E-state index < -0.39 is 9.84 Å². The molecule has 3 aliphatic heterocycles. The van der Waals surface area contributed by atoms with Gasteiger partial charge in [0.15, 0.2) is 9.84 Å². The number of fused-ring (bicyclic) bond motifs is 1. The Balaban J connectivity index is 1.39. The Morgan fingerprint density at radius 2 is 1.85 bits per heavy atom. The number of aromatic nitrogens is 3. The first-order valence-electron chi connectivity index (χ1n) is 14.1. The van der Waals surface area contributed by atoms with Gasteiger partial charge in [0, 0.05) is 59.7 Å². The van der Waals surface area contributed by atoms with Crippen molar-refractivity contribution in [3.8, 4) is 17.1 Å². The summed E-state index contributed by atoms with van der Waals surface area (Å²) in [5, 5.41) is 0. The largest absolute Gasteiger partial charge is 0.481 e. The summed E-state index contributed by atoms with van der Waals surface area (Å²) < 4.78 is 36.3. The average molecular weight is 587 g/mol. The fourth-order valence-electron chi connectivity index (χ4n) is 5.98. The van der Waals surface area contributed by atoms with E-state index in [2.05, 4.69) is 26.6 Å². The summed E-state index contributed by atoms with van der Waals surface area (Å²) in [6.07, 6.45) is 6.74. The van der Waals surface area contributed by atoms with Crippen molar-refractivity contribution in [3.05, 3.63) is 28.3 Å². The number of ether oxygens (including phenoxy) is 2. The van der Waals surface area contributed by atoms with Crippen molar-refractivity contribution < 1.29 is 17.9 Å². The van der Waals surface area contributed by atoms with Crippen LogP contribution in [0.3, 0.4) is 0 Å². The summed E-state index contributed by atoms with van der Waals surface area (Å²) in [6.45, 7) is 10.5. The van der Waals surface area contributed by atoms with Crippen LogP contribution in [-0.4, -0.2) is 105 Å². The molecule has 0 unspecified atom stereocenters. The van der Waals surface area contributed by atoms with Crippen LogP contribution in [0.4, 0.5) is 5.95 Å². The number of piperidine rings is 1. The van der Waals surface area contributed by atoms with E-state index in [4.69, 9.17) is 19.4 Å². The van der Waals surface area contributed by atoms with Gasteiger partial charge in [-0.3, -0.25) is 4.90 Å². The van der Waals surface area contributed by atoms with Gasteiger partial charge < -0.3 is 19.3 Å². The Bertz CT molecular complexity index is 1480. The molecule has 0 saturated carbocycles. The number of hydrogen-bond donors (Lipinski definition) is 0. The lowest BCUT2D eigenvalue weighted by molar-refractivity contribution is 0.0613. The van der Waals surface area contributed by atoms with Gasteiger partial charge in [-0.2, -0.15) is 0 Å². The Labute approximate surface area is 240 Å². The monoisotopic (exact) mass is 586 g/mol. The zero-order valence-electron chi connectivity index (χ0n) is 23.6. The number of pyridine rings is 1. The molecule has 40 heavy (non-hydrogen) atoms. The minimum Gasteiger partial charge on any atom is -0.481 e. The maximum Gasteiger partial charge on any atom is 0.226 e. The molecule has 0 amide bonds. The molecule has 3 aromatic rings. The van der Waals surface area contributed by atoms with Crippen molar-refractivity contribution in [2.75, 3.05) is 70.7 Å². The topological polar surface area (TPSA) is 101 Å². The van der Waals surface area contributed by atoms with Crippen molar-refractivity contribution in [2.24, 2.45) is 0 Å². The molecule has 0 atom stereocenters. The Morgan fingerprint density at radius 1 is 1.10 bits per heavy atom. The van der Waals surface area contributed by atoms with Gasteiger partial charge in [-0.05, 0) is 58.4 Å². The molecule has 3 fully saturated rings. The van der Waals surface area contributed by atoms with Crippen LogP contribution in [0.15, 0.2) is 12.3 Å². The molecule has 3 aliphatic rings. The van der Waals surface area contributed by atoms with E-state index >= 15 is 0 Å². The third kappa shape index (κ3) is 5.82. The van der Waals surface area contributed by atoms with Crippen molar-refractivity contribution in [3.63, 3.8) is 0 Å². The number of methoxy groups -OCH3 is 1. The number of morpholine rings is 1. The smallest absolute Gasteiger partial charge is 0.226 e. The van der Waals surface area contributed by atoms with Crippen LogP contribution in [0.5, 0.6) is 5.88 Å². The maximum absolute atomic E-state index is 12.2. The lowest BCUT2D eigenvalue weighted by atomic mass is 9.99. The van der Waals surface area contributed by atoms with Crippen molar-refractivity contribution in [1.82, 2.24) is 24.8 Å². The van der Waals surface area contributed by atoms with Crippen LogP contribution in [0, 0.1) is 6.92 Å². The molecule has 0 radical (unpaired) electrons. The van der Waals surface area contributed by atoms with E-state index in [0.29, 0.717) is 30.6 Å². The summed E-state index contributed by atoms with van der Waals surface area (Å²) in [4.78, 5) is 23.3. The fraction of sp³-hybridized carbons (Fsp3) is 0.607. The minimum absolute atomic E-state index is 0.149. The molecule has 216 valence electrons. The zero-order chi connectivity index (χ0) is 27.9. The molecule has 6 heterocycles. The van der Waals surface area contributed by atoms with Gasteiger partial charge in [0.1, 0.15) is 0 Å². The summed E-state index contributed by atoms with van der Waals surface area (Å²) in [7, 11) is -1.78. The van der Waals surface area contributed by atoms with Crippen molar-refractivity contribution in [1.29, 1.82) is 0 Å². The summed E-state index contributed by atoms with van der Waals surface area (Å²) in [5.74, 6) is 0.850. The van der Waals surface area contributed by atoms with Crippen molar-refractivity contribution in [2.45, 2.75) is 44.5 Å². The molecule has 10 nitrogen and oxygen atoms in total. The summed E-state index contributed by atoms with van der Waals surface area (Å²) in [5.41, 5.74) is 4.33. The molecule has 3 aromatic heterocycles. The first-order valence-corrected chi connectivity index (χ1v) is 17.0. The molecular formula is C28H38N6O4S2. The summed E-state index contributed by atoms with van der Waals surface area (Å²) in [6, 6.07) is 2.59. The summed E-state index contributed by atoms with van der Waals surface area (Å²) >= 11 is 1.71. The quantitative estimate of drug-likeness (QED) is 0.391. The van der Waals surface area contributed by atoms with Gasteiger partial charge >= 0.3 is 0 Å². The van der Waals surface area contributed by atoms with Gasteiger partial charge in [0.05, 0.1) is 42.0 Å². The number of nitrogens with zero attached hydrogens (tertiary/aromatic N) is 6. The van der Waals surface area contributed by atoms with Crippen LogP contribution in [-0.2, 0) is 26.9 Å². The fourth-order valence-corrected chi connectivity index (χ4v) is 7.87. The number of rotatable bonds is 8. The lowest BCUT2D eigenvalue weighted by Gasteiger charge is -2.43. The number of aryl methyl sites for hydroxylation is 1. The predicted molar refractivity (Wildman–Crippen MR) is 158 cm³/mol.